The smallest absolute Gasteiger partial charge is 0.442 e. The summed E-state index contributed by atoms with van der Waals surface area (Å²) in [6.07, 6.45) is 0.536. The summed E-state index contributed by atoms with van der Waals surface area (Å²) in [5.74, 6) is -1.47. The van der Waals surface area contributed by atoms with Gasteiger partial charge in [-0.2, -0.15) is 23.7 Å². The molecule has 3 aromatic carbocycles. The van der Waals surface area contributed by atoms with E-state index in [4.69, 9.17) is 4.74 Å². The number of esters is 1. The number of thioether (sulfide) groups is 1. The molecule has 0 heterocycles. The minimum absolute atomic E-state index is 0.0160. The highest BCUT2D eigenvalue weighted by Gasteiger charge is 2.62. The molecule has 3 aromatic rings. The molecule has 1 fully saturated rings. The summed E-state index contributed by atoms with van der Waals surface area (Å²) in [6.45, 7) is 3.73. The average Bonchev–Trinajstić information content (AvgIpc) is 3.45. The molecule has 198 valence electrons. The van der Waals surface area contributed by atoms with Crippen molar-refractivity contribution in [2.75, 3.05) is 5.32 Å². The Morgan fingerprint density at radius 2 is 1.69 bits per heavy atom. The molecule has 1 saturated carbocycles. The van der Waals surface area contributed by atoms with Gasteiger partial charge in [-0.05, 0) is 65.1 Å². The number of allylic oxidation sites excluding steroid dienone is 2. The molecule has 0 amide bonds. The van der Waals surface area contributed by atoms with E-state index in [1.807, 2.05) is 56.3 Å². The van der Waals surface area contributed by atoms with E-state index < -0.39 is 28.9 Å². The molecular weight excluding hydrogens is 523 g/mol. The van der Waals surface area contributed by atoms with Crippen molar-refractivity contribution in [1.29, 1.82) is 10.5 Å². The van der Waals surface area contributed by atoms with Crippen LogP contribution in [0.2, 0.25) is 0 Å². The Kier molecular flexibility index (Phi) is 8.03. The number of hydrogen-bond donors (Lipinski definition) is 1. The van der Waals surface area contributed by atoms with Crippen molar-refractivity contribution >= 4 is 34.7 Å². The van der Waals surface area contributed by atoms with Gasteiger partial charge in [-0.1, -0.05) is 62.4 Å². The average molecular weight is 548 g/mol. The second-order valence-corrected chi connectivity index (χ2v) is 10.8. The fraction of sp³-hybridized carbons (Fsp3) is 0.233. The van der Waals surface area contributed by atoms with Crippen LogP contribution in [0.1, 0.15) is 31.1 Å². The summed E-state index contributed by atoms with van der Waals surface area (Å²) in [6, 6.07) is 26.2. The Balaban J connectivity index is 1.46. The monoisotopic (exact) mass is 547 g/mol. The van der Waals surface area contributed by atoms with Gasteiger partial charge in [0.05, 0.1) is 17.6 Å². The molecule has 3 atom stereocenters. The molecule has 3 unspecified atom stereocenters. The third-order valence-corrected chi connectivity index (χ3v) is 7.37. The summed E-state index contributed by atoms with van der Waals surface area (Å²) in [4.78, 5) is 13.1. The summed E-state index contributed by atoms with van der Waals surface area (Å²) in [5.41, 5.74) is -2.09. The van der Waals surface area contributed by atoms with Crippen molar-refractivity contribution in [3.05, 3.63) is 96.1 Å². The number of carbonyl (C=O) groups excluding carboxylic acids is 1. The van der Waals surface area contributed by atoms with Crippen molar-refractivity contribution < 1.29 is 22.7 Å². The third-order valence-electron chi connectivity index (χ3n) is 6.63. The number of hydrogen-bond acceptors (Lipinski definition) is 6. The van der Waals surface area contributed by atoms with Crippen LogP contribution in [0.25, 0.3) is 5.57 Å². The van der Waals surface area contributed by atoms with E-state index in [1.165, 1.54) is 24.3 Å². The van der Waals surface area contributed by atoms with Crippen molar-refractivity contribution in [2.24, 2.45) is 17.3 Å². The summed E-state index contributed by atoms with van der Waals surface area (Å²) in [5, 5.41) is 22.7. The molecule has 0 bridgehead atoms. The molecule has 0 aromatic heterocycles. The predicted molar refractivity (Wildman–Crippen MR) is 143 cm³/mol. The first kappa shape index (κ1) is 27.8. The normalized spacial score (nSPS) is 18.8. The zero-order valence-electron chi connectivity index (χ0n) is 21.1. The fourth-order valence-corrected chi connectivity index (χ4v) is 5.02. The maximum atomic E-state index is 13.1. The lowest BCUT2D eigenvalue weighted by molar-refractivity contribution is -0.149. The van der Waals surface area contributed by atoms with Gasteiger partial charge in [0.2, 0.25) is 6.10 Å². The summed E-state index contributed by atoms with van der Waals surface area (Å²) < 4.78 is 43.5. The molecule has 5 nitrogen and oxygen atoms in total. The van der Waals surface area contributed by atoms with Gasteiger partial charge in [-0.25, -0.2) is 0 Å². The molecule has 4 rings (SSSR count). The van der Waals surface area contributed by atoms with E-state index in [0.717, 1.165) is 11.4 Å². The molecule has 1 N–H and O–H groups in total. The Bertz CT molecular complexity index is 1460. The zero-order chi connectivity index (χ0) is 28.2. The number of anilines is 2. The third kappa shape index (κ3) is 6.81. The van der Waals surface area contributed by atoms with E-state index in [1.54, 1.807) is 24.3 Å². The SMILES string of the molecule is CC1(C)C(C=C(C#N)c2ccc(SC(F)(F)F)cc2)C1C(=O)OC(C#N)c1cccc(Nc2ccccc2)c1. The summed E-state index contributed by atoms with van der Waals surface area (Å²) in [7, 11) is 0. The van der Waals surface area contributed by atoms with E-state index in [0.29, 0.717) is 11.1 Å². The van der Waals surface area contributed by atoms with E-state index >= 15 is 0 Å². The van der Waals surface area contributed by atoms with Crippen LogP contribution in [-0.2, 0) is 9.53 Å². The maximum Gasteiger partial charge on any atom is 0.446 e. The van der Waals surface area contributed by atoms with Gasteiger partial charge in [0.15, 0.2) is 0 Å². The maximum absolute atomic E-state index is 13.1. The van der Waals surface area contributed by atoms with Crippen LogP contribution in [0.3, 0.4) is 0 Å². The molecule has 0 spiro atoms. The highest BCUT2D eigenvalue weighted by molar-refractivity contribution is 8.00. The Labute approximate surface area is 228 Å². The Morgan fingerprint density at radius 1 is 1.03 bits per heavy atom. The molecule has 1 aliphatic carbocycles. The van der Waals surface area contributed by atoms with E-state index in [-0.39, 0.29) is 28.1 Å². The molecule has 0 aliphatic heterocycles. The first-order valence-corrected chi connectivity index (χ1v) is 12.8. The topological polar surface area (TPSA) is 85.9 Å². The lowest BCUT2D eigenvalue weighted by Gasteiger charge is -2.14. The van der Waals surface area contributed by atoms with Crippen LogP contribution in [-0.4, -0.2) is 11.5 Å². The second-order valence-electron chi connectivity index (χ2n) is 9.65. The Hall–Kier alpha value is -4.21. The van der Waals surface area contributed by atoms with E-state index in [2.05, 4.69) is 11.4 Å². The number of alkyl halides is 3. The number of carbonyl (C=O) groups is 1. The van der Waals surface area contributed by atoms with Crippen molar-refractivity contribution in [1.82, 2.24) is 0 Å². The van der Waals surface area contributed by atoms with Crippen LogP contribution in [0.5, 0.6) is 0 Å². The number of nitriles is 2. The number of para-hydroxylation sites is 1. The number of benzene rings is 3. The van der Waals surface area contributed by atoms with Gasteiger partial charge in [-0.3, -0.25) is 4.79 Å². The van der Waals surface area contributed by atoms with E-state index in [9.17, 15) is 28.5 Å². The van der Waals surface area contributed by atoms with Gasteiger partial charge < -0.3 is 10.1 Å². The minimum atomic E-state index is -4.40. The van der Waals surface area contributed by atoms with Crippen molar-refractivity contribution in [3.8, 4) is 12.1 Å². The van der Waals surface area contributed by atoms with Gasteiger partial charge in [0.25, 0.3) is 0 Å². The van der Waals surface area contributed by atoms with Gasteiger partial charge in [0.1, 0.15) is 6.07 Å². The molecular formula is C30H24F3N3O2S. The van der Waals surface area contributed by atoms with Crippen LogP contribution in [0.4, 0.5) is 24.5 Å². The van der Waals surface area contributed by atoms with Crippen molar-refractivity contribution in [2.45, 2.75) is 30.4 Å². The van der Waals surface area contributed by atoms with Gasteiger partial charge in [-0.15, -0.1) is 0 Å². The number of nitrogens with zero attached hydrogens (tertiary/aromatic N) is 2. The van der Waals surface area contributed by atoms with Gasteiger partial charge in [0, 0.05) is 21.8 Å². The lowest BCUT2D eigenvalue weighted by Crippen LogP contribution is -2.14. The Morgan fingerprint density at radius 3 is 2.31 bits per heavy atom. The number of rotatable bonds is 8. The van der Waals surface area contributed by atoms with Crippen LogP contribution in [0, 0.1) is 39.9 Å². The molecule has 1 aliphatic rings. The quantitative estimate of drug-likeness (QED) is 0.175. The van der Waals surface area contributed by atoms with Gasteiger partial charge >= 0.3 is 11.5 Å². The lowest BCUT2D eigenvalue weighted by atomic mass is 10.0. The van der Waals surface area contributed by atoms with Crippen LogP contribution in [0.15, 0.2) is 89.8 Å². The molecule has 0 radical (unpaired) electrons. The van der Waals surface area contributed by atoms with Crippen LogP contribution < -0.4 is 5.32 Å². The highest BCUT2D eigenvalue weighted by atomic mass is 32.2. The summed E-state index contributed by atoms with van der Waals surface area (Å²) >= 11 is -0.228. The van der Waals surface area contributed by atoms with Crippen molar-refractivity contribution in [3.63, 3.8) is 0 Å². The largest absolute Gasteiger partial charge is 0.446 e. The minimum Gasteiger partial charge on any atom is -0.442 e. The predicted octanol–water partition coefficient (Wildman–Crippen LogP) is 8.03. The van der Waals surface area contributed by atoms with Crippen LogP contribution >= 0.6 is 11.8 Å². The number of nitrogens with one attached hydrogen (secondary N) is 1. The standard InChI is InChI=1S/C30H24F3N3O2S/c1-29(2)25(16-21(17-34)19-11-13-24(14-12-19)39-30(31,32)33)27(29)28(37)38-26(18-35)20-7-6-10-23(15-20)36-22-8-4-3-5-9-22/h3-16,25-27,36H,1-2H3. The highest BCUT2D eigenvalue weighted by Crippen LogP contribution is 2.60. The number of ether oxygens (including phenoxy) is 1. The first-order chi connectivity index (χ1) is 18.5. The molecule has 39 heavy (non-hydrogen) atoms. The molecule has 9 heteroatoms. The fourth-order valence-electron chi connectivity index (χ4n) is 4.48. The first-order valence-electron chi connectivity index (χ1n) is 12.0. The zero-order valence-corrected chi connectivity index (χ0v) is 21.9. The molecule has 0 saturated heterocycles. The second kappa shape index (κ2) is 11.3. The number of halogens is 3.